The molecule has 2 heteroatoms. The van der Waals surface area contributed by atoms with Crippen LogP contribution in [0.15, 0.2) is 48.8 Å². The van der Waals surface area contributed by atoms with E-state index in [0.717, 1.165) is 6.54 Å². The molecular weight excluding hydrogens is 244 g/mol. The number of aryl methyl sites for hydroxylation is 1. The monoisotopic (exact) mass is 266 g/mol. The molecule has 20 heavy (non-hydrogen) atoms. The highest BCUT2D eigenvalue weighted by molar-refractivity contribution is 5.22. The molecule has 3 rings (SSSR count). The van der Waals surface area contributed by atoms with Crippen molar-refractivity contribution in [3.63, 3.8) is 0 Å². The van der Waals surface area contributed by atoms with E-state index in [1.165, 1.54) is 42.5 Å². The Morgan fingerprint density at radius 1 is 1.15 bits per heavy atom. The average Bonchev–Trinajstić information content (AvgIpc) is 2.49. The van der Waals surface area contributed by atoms with Crippen LogP contribution in [-0.2, 0) is 6.54 Å². The first-order valence-corrected chi connectivity index (χ1v) is 7.52. The molecule has 1 aromatic heterocycles. The second-order valence-corrected chi connectivity index (χ2v) is 5.76. The molecule has 0 unspecified atom stereocenters. The van der Waals surface area contributed by atoms with E-state index in [-0.39, 0.29) is 0 Å². The fraction of sp³-hybridized carbons (Fsp3) is 0.389. The lowest BCUT2D eigenvalue weighted by atomic mass is 9.95. The Hall–Kier alpha value is -1.67. The van der Waals surface area contributed by atoms with E-state index in [4.69, 9.17) is 0 Å². The number of likely N-dealkylation sites (tertiary alicyclic amines) is 1. The second kappa shape index (κ2) is 6.19. The van der Waals surface area contributed by atoms with Crippen molar-refractivity contribution in [2.45, 2.75) is 38.8 Å². The third kappa shape index (κ3) is 3.07. The Bertz CT molecular complexity index is 550. The van der Waals surface area contributed by atoms with Gasteiger partial charge in [-0.25, -0.2) is 0 Å². The van der Waals surface area contributed by atoms with Gasteiger partial charge in [0.05, 0.1) is 0 Å². The molecule has 0 radical (unpaired) electrons. The number of hydrogen-bond donors (Lipinski definition) is 0. The van der Waals surface area contributed by atoms with Crippen molar-refractivity contribution in [3.8, 4) is 0 Å². The number of benzene rings is 1. The Morgan fingerprint density at radius 2 is 2.00 bits per heavy atom. The van der Waals surface area contributed by atoms with Gasteiger partial charge >= 0.3 is 0 Å². The van der Waals surface area contributed by atoms with Gasteiger partial charge in [-0.2, -0.15) is 0 Å². The van der Waals surface area contributed by atoms with E-state index in [1.807, 2.05) is 12.4 Å². The predicted molar refractivity (Wildman–Crippen MR) is 82.4 cm³/mol. The van der Waals surface area contributed by atoms with Crippen LogP contribution >= 0.6 is 0 Å². The number of piperidine rings is 1. The van der Waals surface area contributed by atoms with E-state index in [2.05, 4.69) is 53.2 Å². The maximum absolute atomic E-state index is 4.37. The molecule has 2 heterocycles. The van der Waals surface area contributed by atoms with Crippen molar-refractivity contribution in [1.29, 1.82) is 0 Å². The third-order valence-electron chi connectivity index (χ3n) is 4.12. The first kappa shape index (κ1) is 13.3. The topological polar surface area (TPSA) is 16.1 Å². The fourth-order valence-electron chi connectivity index (χ4n) is 3.14. The lowest BCUT2D eigenvalue weighted by Gasteiger charge is -2.36. The molecule has 1 atom stereocenters. The van der Waals surface area contributed by atoms with Crippen LogP contribution in [0.1, 0.15) is 42.0 Å². The Kier molecular flexibility index (Phi) is 4.12. The first-order chi connectivity index (χ1) is 9.83. The van der Waals surface area contributed by atoms with Gasteiger partial charge in [0.1, 0.15) is 0 Å². The third-order valence-corrected chi connectivity index (χ3v) is 4.12. The van der Waals surface area contributed by atoms with Gasteiger partial charge in [0.2, 0.25) is 0 Å². The highest BCUT2D eigenvalue weighted by atomic mass is 15.2. The van der Waals surface area contributed by atoms with Crippen LogP contribution in [0.4, 0.5) is 0 Å². The number of pyridine rings is 1. The zero-order chi connectivity index (χ0) is 13.8. The summed E-state index contributed by atoms with van der Waals surface area (Å²) >= 11 is 0. The minimum atomic E-state index is 0.524. The average molecular weight is 266 g/mol. The SMILES string of the molecule is Cc1cncc([C@@H]2CCCCN2Cc2ccccc2)c1. The van der Waals surface area contributed by atoms with Crippen LogP contribution in [0, 0.1) is 6.92 Å². The normalized spacial score (nSPS) is 19.9. The predicted octanol–water partition coefficient (Wildman–Crippen LogP) is 4.12. The minimum Gasteiger partial charge on any atom is -0.292 e. The van der Waals surface area contributed by atoms with Gasteiger partial charge in [-0.05, 0) is 43.0 Å². The van der Waals surface area contributed by atoms with Crippen molar-refractivity contribution in [2.75, 3.05) is 6.54 Å². The fourth-order valence-corrected chi connectivity index (χ4v) is 3.14. The van der Waals surface area contributed by atoms with Gasteiger partial charge in [-0.1, -0.05) is 42.8 Å². The van der Waals surface area contributed by atoms with Crippen molar-refractivity contribution >= 4 is 0 Å². The summed E-state index contributed by atoms with van der Waals surface area (Å²) in [5.41, 5.74) is 4.04. The molecule has 0 amide bonds. The first-order valence-electron chi connectivity index (χ1n) is 7.52. The van der Waals surface area contributed by atoms with Gasteiger partial charge < -0.3 is 0 Å². The smallest absolute Gasteiger partial charge is 0.0367 e. The number of aromatic nitrogens is 1. The molecule has 0 N–H and O–H groups in total. The highest BCUT2D eigenvalue weighted by Crippen LogP contribution is 2.32. The zero-order valence-corrected chi connectivity index (χ0v) is 12.1. The van der Waals surface area contributed by atoms with E-state index in [1.54, 1.807) is 0 Å². The van der Waals surface area contributed by atoms with Crippen LogP contribution < -0.4 is 0 Å². The van der Waals surface area contributed by atoms with Gasteiger partial charge in [0, 0.05) is 25.0 Å². The Morgan fingerprint density at radius 3 is 2.80 bits per heavy atom. The molecule has 104 valence electrons. The van der Waals surface area contributed by atoms with Crippen LogP contribution in [-0.4, -0.2) is 16.4 Å². The summed E-state index contributed by atoms with van der Waals surface area (Å²) in [6.07, 6.45) is 7.86. The second-order valence-electron chi connectivity index (χ2n) is 5.76. The maximum Gasteiger partial charge on any atom is 0.0367 e. The number of nitrogens with zero attached hydrogens (tertiary/aromatic N) is 2. The van der Waals surface area contributed by atoms with Crippen LogP contribution in [0.3, 0.4) is 0 Å². The molecule has 1 aliphatic rings. The maximum atomic E-state index is 4.37. The molecule has 1 fully saturated rings. The van der Waals surface area contributed by atoms with Gasteiger partial charge in [0.15, 0.2) is 0 Å². The van der Waals surface area contributed by atoms with Crippen molar-refractivity contribution in [2.24, 2.45) is 0 Å². The minimum absolute atomic E-state index is 0.524. The quantitative estimate of drug-likeness (QED) is 0.831. The zero-order valence-electron chi connectivity index (χ0n) is 12.1. The van der Waals surface area contributed by atoms with E-state index < -0.39 is 0 Å². The summed E-state index contributed by atoms with van der Waals surface area (Å²) in [6.45, 7) is 4.35. The van der Waals surface area contributed by atoms with Crippen molar-refractivity contribution in [3.05, 3.63) is 65.5 Å². The summed E-state index contributed by atoms with van der Waals surface area (Å²) in [5, 5.41) is 0. The van der Waals surface area contributed by atoms with Crippen LogP contribution in [0.2, 0.25) is 0 Å². The van der Waals surface area contributed by atoms with Crippen LogP contribution in [0.5, 0.6) is 0 Å². The molecule has 2 aromatic rings. The lowest BCUT2D eigenvalue weighted by molar-refractivity contribution is 0.140. The summed E-state index contributed by atoms with van der Waals surface area (Å²) in [7, 11) is 0. The van der Waals surface area contributed by atoms with E-state index >= 15 is 0 Å². The molecule has 0 spiro atoms. The molecule has 1 aromatic carbocycles. The van der Waals surface area contributed by atoms with Crippen molar-refractivity contribution < 1.29 is 0 Å². The van der Waals surface area contributed by atoms with E-state index in [9.17, 15) is 0 Å². The number of rotatable bonds is 3. The molecule has 2 nitrogen and oxygen atoms in total. The van der Waals surface area contributed by atoms with E-state index in [0.29, 0.717) is 6.04 Å². The molecule has 1 aliphatic heterocycles. The Labute approximate surface area is 121 Å². The van der Waals surface area contributed by atoms with Gasteiger partial charge in [0.25, 0.3) is 0 Å². The van der Waals surface area contributed by atoms with Crippen molar-refractivity contribution in [1.82, 2.24) is 9.88 Å². The van der Waals surface area contributed by atoms with Crippen LogP contribution in [0.25, 0.3) is 0 Å². The largest absolute Gasteiger partial charge is 0.292 e. The molecule has 0 saturated carbocycles. The lowest BCUT2D eigenvalue weighted by Crippen LogP contribution is -2.33. The van der Waals surface area contributed by atoms with Gasteiger partial charge in [-0.15, -0.1) is 0 Å². The molecular formula is C18H22N2. The summed E-state index contributed by atoms with van der Waals surface area (Å²) < 4.78 is 0. The molecule has 0 bridgehead atoms. The summed E-state index contributed by atoms with van der Waals surface area (Å²) in [6, 6.07) is 13.6. The molecule has 1 saturated heterocycles. The highest BCUT2D eigenvalue weighted by Gasteiger charge is 2.24. The molecule has 0 aliphatic carbocycles. The summed E-state index contributed by atoms with van der Waals surface area (Å²) in [4.78, 5) is 6.98. The standard InChI is InChI=1S/C18H22N2/c1-15-11-17(13-19-12-15)18-9-5-6-10-20(18)14-16-7-3-2-4-8-16/h2-4,7-8,11-13,18H,5-6,9-10,14H2,1H3/t18-/m0/s1. The Balaban J connectivity index is 1.80. The summed E-state index contributed by atoms with van der Waals surface area (Å²) in [5.74, 6) is 0. The van der Waals surface area contributed by atoms with Gasteiger partial charge in [-0.3, -0.25) is 9.88 Å². The number of hydrogen-bond acceptors (Lipinski definition) is 2.